The number of pyridine rings is 1. The number of amides is 2. The van der Waals surface area contributed by atoms with E-state index >= 15 is 0 Å². The van der Waals surface area contributed by atoms with Crippen molar-refractivity contribution in [3.05, 3.63) is 72.4 Å². The summed E-state index contributed by atoms with van der Waals surface area (Å²) in [7, 11) is -3.30. The zero-order valence-electron chi connectivity index (χ0n) is 15.1. The highest BCUT2D eigenvalue weighted by Gasteiger charge is 2.14. The van der Waals surface area contributed by atoms with Gasteiger partial charge in [0, 0.05) is 23.6 Å². The van der Waals surface area contributed by atoms with Crippen LogP contribution in [0.4, 0.5) is 4.79 Å². The summed E-state index contributed by atoms with van der Waals surface area (Å²) in [4.78, 5) is 15.8. The number of nitrogens with zero attached hydrogens (tertiary/aromatic N) is 2. The lowest BCUT2D eigenvalue weighted by Gasteiger charge is -2.15. The lowest BCUT2D eigenvalue weighted by molar-refractivity contribution is -0.0471. The first-order valence-corrected chi connectivity index (χ1v) is 10.3. The Morgan fingerprint density at radius 2 is 1.71 bits per heavy atom. The fraction of sp³-hybridized carbons (Fsp3) is 0.100. The molecule has 0 fully saturated rings. The van der Waals surface area contributed by atoms with Crippen LogP contribution in [0.25, 0.3) is 22.4 Å². The second-order valence-corrected chi connectivity index (χ2v) is 8.31. The molecular formula is C20H19N3O4S. The van der Waals surface area contributed by atoms with E-state index in [2.05, 4.69) is 4.98 Å². The zero-order chi connectivity index (χ0) is 20.3. The molecule has 0 bridgehead atoms. The first-order chi connectivity index (χ1) is 13.3. The summed E-state index contributed by atoms with van der Waals surface area (Å²) in [6.45, 7) is -0.119. The number of carbonyl (C=O) groups is 1. The summed E-state index contributed by atoms with van der Waals surface area (Å²) >= 11 is 0. The van der Waals surface area contributed by atoms with E-state index in [0.29, 0.717) is 16.3 Å². The Balaban J connectivity index is 2.11. The molecule has 3 aromatic rings. The van der Waals surface area contributed by atoms with Crippen LogP contribution in [0.1, 0.15) is 5.56 Å². The minimum atomic E-state index is -3.30. The van der Waals surface area contributed by atoms with E-state index in [0.717, 1.165) is 22.9 Å². The third-order valence-corrected chi connectivity index (χ3v) is 5.30. The highest BCUT2D eigenvalue weighted by atomic mass is 32.2. The maximum Gasteiger partial charge on any atom is 0.338 e. The van der Waals surface area contributed by atoms with Gasteiger partial charge < -0.3 is 5.73 Å². The summed E-state index contributed by atoms with van der Waals surface area (Å²) in [6.07, 6.45) is 2.71. The van der Waals surface area contributed by atoms with Crippen molar-refractivity contribution in [3.63, 3.8) is 0 Å². The fourth-order valence-electron chi connectivity index (χ4n) is 2.77. The van der Waals surface area contributed by atoms with Gasteiger partial charge in [0.15, 0.2) is 9.84 Å². The molecule has 1 aromatic heterocycles. The standard InChI is InChI=1S/C20H19N3O4S/c1-28(26,27)17-9-7-15(8-10-17)18-11-14(13-23(25)20(21)24)12-22-19(18)16-5-3-2-4-6-16/h2-12,25H,13H2,1H3,(H2,21,24). The fourth-order valence-corrected chi connectivity index (χ4v) is 3.40. The zero-order valence-corrected chi connectivity index (χ0v) is 15.9. The van der Waals surface area contributed by atoms with Crippen LogP contribution in [0.2, 0.25) is 0 Å². The lowest BCUT2D eigenvalue weighted by Crippen LogP contribution is -2.32. The van der Waals surface area contributed by atoms with Crippen LogP contribution >= 0.6 is 0 Å². The molecule has 0 aliphatic heterocycles. The molecule has 8 heteroatoms. The van der Waals surface area contributed by atoms with E-state index in [-0.39, 0.29) is 11.4 Å². The molecule has 7 nitrogen and oxygen atoms in total. The minimum absolute atomic E-state index is 0.119. The number of hydroxylamine groups is 2. The SMILES string of the molecule is CS(=O)(=O)c1ccc(-c2cc(CN(O)C(N)=O)cnc2-c2ccccc2)cc1. The number of benzene rings is 2. The second-order valence-electron chi connectivity index (χ2n) is 6.30. The average Bonchev–Trinajstić information content (AvgIpc) is 2.68. The topological polar surface area (TPSA) is 114 Å². The van der Waals surface area contributed by atoms with Crippen LogP contribution < -0.4 is 5.73 Å². The number of carbonyl (C=O) groups excluding carboxylic acids is 1. The summed E-state index contributed by atoms with van der Waals surface area (Å²) in [5, 5.41) is 10.0. The maximum atomic E-state index is 11.7. The molecule has 0 aliphatic carbocycles. The Bertz CT molecular complexity index is 1100. The molecule has 3 N–H and O–H groups in total. The second kappa shape index (κ2) is 7.79. The molecule has 0 saturated carbocycles. The molecule has 0 saturated heterocycles. The van der Waals surface area contributed by atoms with Gasteiger partial charge in [-0.1, -0.05) is 42.5 Å². The predicted octanol–water partition coefficient (Wildman–Crippen LogP) is 3.09. The normalized spacial score (nSPS) is 11.2. The Morgan fingerprint density at radius 3 is 2.29 bits per heavy atom. The molecule has 144 valence electrons. The first-order valence-electron chi connectivity index (χ1n) is 8.36. The van der Waals surface area contributed by atoms with Crippen LogP contribution in [0, 0.1) is 0 Å². The van der Waals surface area contributed by atoms with E-state index in [1.54, 1.807) is 24.4 Å². The monoisotopic (exact) mass is 397 g/mol. The highest BCUT2D eigenvalue weighted by molar-refractivity contribution is 7.90. The number of aromatic nitrogens is 1. The molecule has 28 heavy (non-hydrogen) atoms. The molecule has 0 unspecified atom stereocenters. The van der Waals surface area contributed by atoms with Crippen molar-refractivity contribution in [2.75, 3.05) is 6.26 Å². The van der Waals surface area contributed by atoms with Gasteiger partial charge in [-0.25, -0.2) is 18.3 Å². The summed E-state index contributed by atoms with van der Waals surface area (Å²) in [5.74, 6) is 0. The highest BCUT2D eigenvalue weighted by Crippen LogP contribution is 2.32. The third kappa shape index (κ3) is 4.36. The van der Waals surface area contributed by atoms with E-state index in [4.69, 9.17) is 5.73 Å². The van der Waals surface area contributed by atoms with Gasteiger partial charge >= 0.3 is 6.03 Å². The van der Waals surface area contributed by atoms with Crippen molar-refractivity contribution in [2.24, 2.45) is 5.73 Å². The first kappa shape index (κ1) is 19.5. The van der Waals surface area contributed by atoms with E-state index < -0.39 is 15.9 Å². The Labute approximate surface area is 162 Å². The molecule has 0 atom stereocenters. The van der Waals surface area contributed by atoms with Crippen molar-refractivity contribution in [3.8, 4) is 22.4 Å². The lowest BCUT2D eigenvalue weighted by atomic mass is 9.98. The van der Waals surface area contributed by atoms with Crippen molar-refractivity contribution < 1.29 is 18.4 Å². The van der Waals surface area contributed by atoms with E-state index in [1.165, 1.54) is 12.1 Å². The number of nitrogens with two attached hydrogens (primary N) is 1. The van der Waals surface area contributed by atoms with Crippen molar-refractivity contribution in [2.45, 2.75) is 11.4 Å². The van der Waals surface area contributed by atoms with Crippen LogP contribution in [0.3, 0.4) is 0 Å². The van der Waals surface area contributed by atoms with Crippen molar-refractivity contribution in [1.29, 1.82) is 0 Å². The molecule has 2 aromatic carbocycles. The van der Waals surface area contributed by atoms with Gasteiger partial charge in [0.25, 0.3) is 0 Å². The van der Waals surface area contributed by atoms with Crippen LogP contribution in [-0.2, 0) is 16.4 Å². The largest absolute Gasteiger partial charge is 0.350 e. The number of urea groups is 1. The number of hydrogen-bond donors (Lipinski definition) is 2. The van der Waals surface area contributed by atoms with Crippen molar-refractivity contribution in [1.82, 2.24) is 10.0 Å². The van der Waals surface area contributed by atoms with Crippen LogP contribution in [0.15, 0.2) is 71.8 Å². The number of rotatable bonds is 5. The van der Waals surface area contributed by atoms with E-state index in [1.807, 2.05) is 30.3 Å². The van der Waals surface area contributed by atoms with E-state index in [9.17, 15) is 18.4 Å². The number of sulfone groups is 1. The number of primary amides is 1. The maximum absolute atomic E-state index is 11.7. The van der Waals surface area contributed by atoms with Crippen LogP contribution in [0.5, 0.6) is 0 Å². The van der Waals surface area contributed by atoms with Gasteiger partial charge in [0.05, 0.1) is 17.1 Å². The summed E-state index contributed by atoms with van der Waals surface area (Å²) in [5.41, 5.74) is 8.71. The summed E-state index contributed by atoms with van der Waals surface area (Å²) < 4.78 is 23.4. The molecule has 0 spiro atoms. The van der Waals surface area contributed by atoms with Crippen molar-refractivity contribution >= 4 is 15.9 Å². The molecule has 0 radical (unpaired) electrons. The van der Waals surface area contributed by atoms with Crippen LogP contribution in [-0.4, -0.2) is 36.0 Å². The third-order valence-electron chi connectivity index (χ3n) is 4.17. The molecule has 3 rings (SSSR count). The van der Waals surface area contributed by atoms with Gasteiger partial charge in [-0.2, -0.15) is 0 Å². The molecule has 1 heterocycles. The Morgan fingerprint density at radius 1 is 1.07 bits per heavy atom. The Kier molecular flexibility index (Phi) is 5.43. The average molecular weight is 397 g/mol. The van der Waals surface area contributed by atoms with Gasteiger partial charge in [0.2, 0.25) is 0 Å². The van der Waals surface area contributed by atoms with Gasteiger partial charge in [0.1, 0.15) is 0 Å². The minimum Gasteiger partial charge on any atom is -0.350 e. The summed E-state index contributed by atoms with van der Waals surface area (Å²) in [6, 6.07) is 16.8. The number of hydrogen-bond acceptors (Lipinski definition) is 5. The molecular weight excluding hydrogens is 378 g/mol. The quantitative estimate of drug-likeness (QED) is 0.507. The smallest absolute Gasteiger partial charge is 0.338 e. The predicted molar refractivity (Wildman–Crippen MR) is 105 cm³/mol. The Hall–Kier alpha value is -3.23. The molecule has 0 aliphatic rings. The van der Waals surface area contributed by atoms with Gasteiger partial charge in [-0.05, 0) is 29.3 Å². The molecule has 2 amide bonds. The van der Waals surface area contributed by atoms with Gasteiger partial charge in [-0.3, -0.25) is 10.2 Å². The van der Waals surface area contributed by atoms with Gasteiger partial charge in [-0.15, -0.1) is 0 Å².